The van der Waals surface area contributed by atoms with Gasteiger partial charge in [0.05, 0.1) is 19.0 Å². The van der Waals surface area contributed by atoms with Gasteiger partial charge in [0.1, 0.15) is 6.04 Å². The van der Waals surface area contributed by atoms with Crippen molar-refractivity contribution in [2.75, 3.05) is 19.4 Å². The number of hydrogen-bond donors (Lipinski definition) is 1. The normalized spacial score (nSPS) is 26.4. The van der Waals surface area contributed by atoms with Crippen LogP contribution in [0.3, 0.4) is 0 Å². The van der Waals surface area contributed by atoms with Gasteiger partial charge in [-0.2, -0.15) is 4.31 Å². The van der Waals surface area contributed by atoms with Crippen molar-refractivity contribution in [2.45, 2.75) is 32.4 Å². The molecule has 0 aromatic rings. The fourth-order valence-corrected chi connectivity index (χ4v) is 3.95. The Hall–Kier alpha value is -0.660. The summed E-state index contributed by atoms with van der Waals surface area (Å²) in [6, 6.07) is -0.890. The largest absolute Gasteiger partial charge is 0.468 e. The van der Waals surface area contributed by atoms with E-state index in [0.29, 0.717) is 0 Å². The summed E-state index contributed by atoms with van der Waals surface area (Å²) in [7, 11) is -2.32. The molecule has 1 fully saturated rings. The van der Waals surface area contributed by atoms with E-state index in [1.54, 1.807) is 13.8 Å². The maximum absolute atomic E-state index is 12.0. The van der Waals surface area contributed by atoms with Crippen molar-refractivity contribution in [1.29, 1.82) is 0 Å². The molecule has 1 saturated heterocycles. The van der Waals surface area contributed by atoms with Crippen molar-refractivity contribution in [1.82, 2.24) is 4.31 Å². The van der Waals surface area contributed by atoms with E-state index in [-0.39, 0.29) is 24.6 Å². The molecule has 17 heavy (non-hydrogen) atoms. The summed E-state index contributed by atoms with van der Waals surface area (Å²) >= 11 is 0. The number of rotatable bonds is 4. The summed E-state index contributed by atoms with van der Waals surface area (Å²) in [5.74, 6) is -0.683. The van der Waals surface area contributed by atoms with E-state index in [4.69, 9.17) is 0 Å². The first-order chi connectivity index (χ1) is 7.77. The second-order valence-electron chi connectivity index (χ2n) is 4.67. The first-order valence-electron chi connectivity index (χ1n) is 5.53. The van der Waals surface area contributed by atoms with Crippen LogP contribution in [-0.2, 0) is 19.6 Å². The van der Waals surface area contributed by atoms with Crippen LogP contribution in [0.2, 0.25) is 0 Å². The Balaban J connectivity index is 2.91. The Morgan fingerprint density at radius 3 is 2.59 bits per heavy atom. The lowest BCUT2D eigenvalue weighted by Crippen LogP contribution is -2.43. The SMILES string of the molecule is COC(=O)C1CC(O)CN1S(=O)(=O)CC(C)C. The quantitative estimate of drug-likeness (QED) is 0.698. The van der Waals surface area contributed by atoms with E-state index < -0.39 is 28.1 Å². The molecule has 2 unspecified atom stereocenters. The fraction of sp³-hybridized carbons (Fsp3) is 0.900. The van der Waals surface area contributed by atoms with Gasteiger partial charge in [-0.25, -0.2) is 8.42 Å². The molecule has 1 N–H and O–H groups in total. The lowest BCUT2D eigenvalue weighted by Gasteiger charge is -2.22. The molecular formula is C10H19NO5S. The minimum atomic E-state index is -3.52. The van der Waals surface area contributed by atoms with Gasteiger partial charge >= 0.3 is 5.97 Å². The first kappa shape index (κ1) is 14.4. The zero-order chi connectivity index (χ0) is 13.2. The number of sulfonamides is 1. The standard InChI is InChI=1S/C10H19NO5S/c1-7(2)6-17(14,15)11-5-8(12)4-9(11)10(13)16-3/h7-9,12H,4-6H2,1-3H3. The van der Waals surface area contributed by atoms with Crippen molar-refractivity contribution >= 4 is 16.0 Å². The summed E-state index contributed by atoms with van der Waals surface area (Å²) in [6.45, 7) is 3.54. The van der Waals surface area contributed by atoms with Gasteiger partial charge < -0.3 is 9.84 Å². The van der Waals surface area contributed by atoms with Gasteiger partial charge in [-0.05, 0) is 5.92 Å². The Kier molecular flexibility index (Phi) is 4.51. The molecule has 0 saturated carbocycles. The second kappa shape index (κ2) is 5.32. The molecule has 1 heterocycles. The molecule has 2 atom stereocenters. The fourth-order valence-electron chi connectivity index (χ4n) is 1.96. The third-order valence-electron chi connectivity index (χ3n) is 2.61. The number of aliphatic hydroxyl groups excluding tert-OH is 1. The van der Waals surface area contributed by atoms with Crippen LogP contribution >= 0.6 is 0 Å². The summed E-state index contributed by atoms with van der Waals surface area (Å²) in [5.41, 5.74) is 0. The summed E-state index contributed by atoms with van der Waals surface area (Å²) in [5, 5.41) is 9.50. The number of nitrogens with zero attached hydrogens (tertiary/aromatic N) is 1. The minimum absolute atomic E-state index is 0.0314. The first-order valence-corrected chi connectivity index (χ1v) is 7.14. The van der Waals surface area contributed by atoms with Crippen LogP contribution in [0.4, 0.5) is 0 Å². The topological polar surface area (TPSA) is 83.9 Å². The van der Waals surface area contributed by atoms with Gasteiger partial charge in [0.25, 0.3) is 0 Å². The Bertz CT molecular complexity index is 378. The number of methoxy groups -OCH3 is 1. The summed E-state index contributed by atoms with van der Waals surface area (Å²) < 4.78 is 29.7. The van der Waals surface area contributed by atoms with Crippen LogP contribution in [0.15, 0.2) is 0 Å². The molecule has 1 rings (SSSR count). The molecule has 0 aliphatic carbocycles. The van der Waals surface area contributed by atoms with Crippen LogP contribution in [0, 0.1) is 5.92 Å². The van der Waals surface area contributed by atoms with E-state index in [1.807, 2.05) is 0 Å². The van der Waals surface area contributed by atoms with E-state index in [1.165, 1.54) is 7.11 Å². The summed E-state index contributed by atoms with van der Waals surface area (Å²) in [4.78, 5) is 11.5. The maximum Gasteiger partial charge on any atom is 0.324 e. The van der Waals surface area contributed by atoms with Crippen molar-refractivity contribution in [3.63, 3.8) is 0 Å². The van der Waals surface area contributed by atoms with Gasteiger partial charge in [-0.3, -0.25) is 4.79 Å². The van der Waals surface area contributed by atoms with E-state index in [0.717, 1.165) is 4.31 Å². The molecule has 0 bridgehead atoms. The number of β-amino-alcohol motifs (C(OH)–C–C–N with tert-alkyl or cyclic N) is 1. The number of carbonyl (C=O) groups excluding carboxylic acids is 1. The van der Waals surface area contributed by atoms with E-state index >= 15 is 0 Å². The molecule has 0 radical (unpaired) electrons. The molecule has 0 spiro atoms. The molecule has 1 aliphatic heterocycles. The smallest absolute Gasteiger partial charge is 0.324 e. The molecule has 0 aromatic carbocycles. The lowest BCUT2D eigenvalue weighted by molar-refractivity contribution is -0.144. The van der Waals surface area contributed by atoms with Crippen LogP contribution in [-0.4, -0.2) is 55.4 Å². The van der Waals surface area contributed by atoms with Gasteiger partial charge in [-0.1, -0.05) is 13.8 Å². The Morgan fingerprint density at radius 2 is 2.12 bits per heavy atom. The van der Waals surface area contributed by atoms with Crippen molar-refractivity contribution in [3.8, 4) is 0 Å². The third-order valence-corrected chi connectivity index (χ3v) is 4.81. The number of hydrogen-bond acceptors (Lipinski definition) is 5. The molecule has 0 aromatic heterocycles. The van der Waals surface area contributed by atoms with Crippen molar-refractivity contribution in [3.05, 3.63) is 0 Å². The molecule has 1 aliphatic rings. The van der Waals surface area contributed by atoms with Crippen LogP contribution < -0.4 is 0 Å². The predicted molar refractivity (Wildman–Crippen MR) is 61.8 cm³/mol. The minimum Gasteiger partial charge on any atom is -0.468 e. The molecule has 100 valence electrons. The number of carbonyl (C=O) groups is 1. The monoisotopic (exact) mass is 265 g/mol. The van der Waals surface area contributed by atoms with Crippen LogP contribution in [0.5, 0.6) is 0 Å². The zero-order valence-electron chi connectivity index (χ0n) is 10.3. The van der Waals surface area contributed by atoms with Crippen molar-refractivity contribution in [2.24, 2.45) is 5.92 Å². The van der Waals surface area contributed by atoms with Crippen LogP contribution in [0.1, 0.15) is 20.3 Å². The van der Waals surface area contributed by atoms with E-state index in [2.05, 4.69) is 4.74 Å². The molecule has 0 amide bonds. The number of esters is 1. The molecule has 6 nitrogen and oxygen atoms in total. The van der Waals surface area contributed by atoms with Crippen molar-refractivity contribution < 1.29 is 23.1 Å². The third kappa shape index (κ3) is 3.40. The summed E-state index contributed by atoms with van der Waals surface area (Å²) in [6.07, 6.45) is -0.703. The van der Waals surface area contributed by atoms with Crippen LogP contribution in [0.25, 0.3) is 0 Å². The number of aliphatic hydroxyl groups is 1. The average molecular weight is 265 g/mol. The highest BCUT2D eigenvalue weighted by Gasteiger charge is 2.43. The lowest BCUT2D eigenvalue weighted by atomic mass is 10.2. The Labute approximate surface area is 102 Å². The molecule has 7 heteroatoms. The highest BCUT2D eigenvalue weighted by atomic mass is 32.2. The second-order valence-corrected chi connectivity index (χ2v) is 6.64. The highest BCUT2D eigenvalue weighted by molar-refractivity contribution is 7.89. The average Bonchev–Trinajstić information content (AvgIpc) is 2.58. The number of ether oxygens (including phenoxy) is 1. The maximum atomic E-state index is 12.0. The Morgan fingerprint density at radius 1 is 1.53 bits per heavy atom. The molecular weight excluding hydrogens is 246 g/mol. The predicted octanol–water partition coefficient (Wildman–Crippen LogP) is -0.420. The van der Waals surface area contributed by atoms with Gasteiger partial charge in [0.2, 0.25) is 10.0 Å². The van der Waals surface area contributed by atoms with Gasteiger partial charge in [0.15, 0.2) is 0 Å². The van der Waals surface area contributed by atoms with E-state index in [9.17, 15) is 18.3 Å². The van der Waals surface area contributed by atoms with Gasteiger partial charge in [0, 0.05) is 13.0 Å². The zero-order valence-corrected chi connectivity index (χ0v) is 11.1. The highest BCUT2D eigenvalue weighted by Crippen LogP contribution is 2.23. The van der Waals surface area contributed by atoms with Gasteiger partial charge in [-0.15, -0.1) is 0 Å².